The number of rotatable bonds is 9. The third kappa shape index (κ3) is 6.21. The summed E-state index contributed by atoms with van der Waals surface area (Å²) in [6.45, 7) is 1.26. The highest BCUT2D eigenvalue weighted by Gasteiger charge is 2.30. The van der Waals surface area contributed by atoms with Crippen LogP contribution < -0.4 is 4.72 Å². The van der Waals surface area contributed by atoms with Gasteiger partial charge in [0.1, 0.15) is 5.82 Å². The molecule has 0 fully saturated rings. The average Bonchev–Trinajstić information content (AvgIpc) is 3.20. The van der Waals surface area contributed by atoms with Gasteiger partial charge in [-0.1, -0.05) is 17.3 Å². The molecule has 190 valence electrons. The van der Waals surface area contributed by atoms with Crippen LogP contribution in [0.1, 0.15) is 23.2 Å². The summed E-state index contributed by atoms with van der Waals surface area (Å²) in [5, 5.41) is 4.81. The molecule has 0 atom stereocenters. The lowest BCUT2D eigenvalue weighted by molar-refractivity contribution is -0.137. The van der Waals surface area contributed by atoms with Gasteiger partial charge in [-0.3, -0.25) is 4.72 Å². The van der Waals surface area contributed by atoms with Gasteiger partial charge in [0, 0.05) is 23.7 Å². The maximum Gasteiger partial charge on any atom is 0.416 e. The van der Waals surface area contributed by atoms with Crippen molar-refractivity contribution in [1.29, 1.82) is 0 Å². The molecule has 4 aromatic rings. The summed E-state index contributed by atoms with van der Waals surface area (Å²) in [7, 11) is -2.13. The highest BCUT2D eigenvalue weighted by molar-refractivity contribution is 7.92. The maximum atomic E-state index is 13.3. The number of benzene rings is 3. The standard InChI is InChI=1S/C25H23F4N3O3S/c1-32(13-3-6-23-22-12-9-19(26)15-24(22)35-30-23)16-17-4-2-5-20(14-17)31-36(33,34)21-10-7-18(8-11-21)25(27,28)29/h2,4-5,7-12,14-15,31H,3,6,13,16H2,1H3. The number of aromatic nitrogens is 1. The quantitative estimate of drug-likeness (QED) is 0.280. The summed E-state index contributed by atoms with van der Waals surface area (Å²) in [5.74, 6) is -0.381. The first-order valence-corrected chi connectivity index (χ1v) is 12.5. The molecule has 0 amide bonds. The third-order valence-electron chi connectivity index (χ3n) is 5.59. The lowest BCUT2D eigenvalue weighted by atomic mass is 10.1. The second kappa shape index (κ2) is 10.3. The minimum Gasteiger partial charge on any atom is -0.356 e. The molecule has 0 saturated carbocycles. The molecule has 0 spiro atoms. The summed E-state index contributed by atoms with van der Waals surface area (Å²) >= 11 is 0. The summed E-state index contributed by atoms with van der Waals surface area (Å²) in [6, 6.07) is 14.5. The zero-order valence-electron chi connectivity index (χ0n) is 19.2. The van der Waals surface area contributed by atoms with E-state index in [0.717, 1.165) is 53.9 Å². The second-order valence-corrected chi connectivity index (χ2v) is 10.1. The summed E-state index contributed by atoms with van der Waals surface area (Å²) in [6.07, 6.45) is -3.12. The van der Waals surface area contributed by atoms with Crippen LogP contribution >= 0.6 is 0 Å². The molecule has 36 heavy (non-hydrogen) atoms. The molecule has 0 radical (unpaired) electrons. The minimum atomic E-state index is -4.54. The van der Waals surface area contributed by atoms with E-state index in [2.05, 4.69) is 14.8 Å². The monoisotopic (exact) mass is 521 g/mol. The van der Waals surface area contributed by atoms with Gasteiger partial charge in [0.25, 0.3) is 10.0 Å². The van der Waals surface area contributed by atoms with E-state index in [-0.39, 0.29) is 10.7 Å². The first kappa shape index (κ1) is 25.6. The minimum absolute atomic E-state index is 0.263. The number of halogens is 4. The SMILES string of the molecule is CN(CCCc1noc2cc(F)ccc12)Cc1cccc(NS(=O)(=O)c2ccc(C(F)(F)F)cc2)c1. The first-order valence-electron chi connectivity index (χ1n) is 11.0. The average molecular weight is 522 g/mol. The van der Waals surface area contributed by atoms with Crippen molar-refractivity contribution in [3.8, 4) is 0 Å². The van der Waals surface area contributed by atoms with E-state index in [1.807, 2.05) is 13.1 Å². The Bertz CT molecular complexity index is 1450. The number of hydrogen-bond acceptors (Lipinski definition) is 5. The topological polar surface area (TPSA) is 75.4 Å². The van der Waals surface area contributed by atoms with Crippen molar-refractivity contribution in [2.45, 2.75) is 30.5 Å². The fraction of sp³-hybridized carbons (Fsp3) is 0.240. The molecule has 1 aromatic heterocycles. The largest absolute Gasteiger partial charge is 0.416 e. The Morgan fingerprint density at radius 1 is 1.03 bits per heavy atom. The maximum absolute atomic E-state index is 13.3. The Labute approximate surface area is 205 Å². The summed E-state index contributed by atoms with van der Waals surface area (Å²) < 4.78 is 84.4. The second-order valence-electron chi connectivity index (χ2n) is 8.44. The predicted octanol–water partition coefficient (Wildman–Crippen LogP) is 5.85. The Morgan fingerprint density at radius 3 is 2.50 bits per heavy atom. The Kier molecular flexibility index (Phi) is 7.32. The highest BCUT2D eigenvalue weighted by Crippen LogP contribution is 2.30. The number of nitrogens with zero attached hydrogens (tertiary/aromatic N) is 2. The van der Waals surface area contributed by atoms with E-state index in [4.69, 9.17) is 4.52 Å². The van der Waals surface area contributed by atoms with Crippen molar-refractivity contribution in [2.75, 3.05) is 18.3 Å². The van der Waals surface area contributed by atoms with Crippen LogP contribution in [0.2, 0.25) is 0 Å². The van der Waals surface area contributed by atoms with E-state index in [9.17, 15) is 26.0 Å². The lowest BCUT2D eigenvalue weighted by Crippen LogP contribution is -2.20. The van der Waals surface area contributed by atoms with Crippen molar-refractivity contribution in [2.24, 2.45) is 0 Å². The van der Waals surface area contributed by atoms with E-state index in [1.165, 1.54) is 12.1 Å². The number of alkyl halides is 3. The number of aryl methyl sites for hydroxylation is 1. The van der Waals surface area contributed by atoms with Crippen LogP contribution in [0, 0.1) is 5.82 Å². The summed E-state index contributed by atoms with van der Waals surface area (Å²) in [5.41, 5.74) is 1.42. The van der Waals surface area contributed by atoms with Gasteiger partial charge in [-0.15, -0.1) is 0 Å². The van der Waals surface area contributed by atoms with E-state index in [1.54, 1.807) is 24.3 Å². The number of fused-ring (bicyclic) bond motifs is 1. The van der Waals surface area contributed by atoms with Crippen molar-refractivity contribution in [3.63, 3.8) is 0 Å². The fourth-order valence-electron chi connectivity index (χ4n) is 3.82. The molecule has 0 unspecified atom stereocenters. The van der Waals surface area contributed by atoms with Crippen molar-refractivity contribution in [1.82, 2.24) is 10.1 Å². The summed E-state index contributed by atoms with van der Waals surface area (Å²) in [4.78, 5) is 1.80. The van der Waals surface area contributed by atoms with Gasteiger partial charge in [0.15, 0.2) is 5.58 Å². The number of hydrogen-bond donors (Lipinski definition) is 1. The van der Waals surface area contributed by atoms with Crippen LogP contribution in [0.4, 0.5) is 23.2 Å². The Hall–Kier alpha value is -3.44. The normalized spacial score (nSPS) is 12.4. The highest BCUT2D eigenvalue weighted by atomic mass is 32.2. The molecule has 0 saturated heterocycles. The van der Waals surface area contributed by atoms with Gasteiger partial charge in [0.05, 0.1) is 16.2 Å². The van der Waals surface area contributed by atoms with Crippen molar-refractivity contribution < 1.29 is 30.5 Å². The van der Waals surface area contributed by atoms with Crippen LogP contribution in [0.5, 0.6) is 0 Å². The van der Waals surface area contributed by atoms with Gasteiger partial charge in [0.2, 0.25) is 0 Å². The molecule has 0 aliphatic carbocycles. The van der Waals surface area contributed by atoms with Gasteiger partial charge < -0.3 is 9.42 Å². The molecule has 1 heterocycles. The zero-order valence-corrected chi connectivity index (χ0v) is 20.0. The van der Waals surface area contributed by atoms with Gasteiger partial charge in [-0.05, 0) is 80.5 Å². The molecule has 4 rings (SSSR count). The third-order valence-corrected chi connectivity index (χ3v) is 6.98. The van der Waals surface area contributed by atoms with Crippen molar-refractivity contribution >= 4 is 26.7 Å². The molecule has 11 heteroatoms. The van der Waals surface area contributed by atoms with E-state index >= 15 is 0 Å². The first-order chi connectivity index (χ1) is 17.0. The Morgan fingerprint density at radius 2 is 1.78 bits per heavy atom. The Balaban J connectivity index is 1.34. The van der Waals surface area contributed by atoms with Gasteiger partial charge in [-0.25, -0.2) is 12.8 Å². The predicted molar refractivity (Wildman–Crippen MR) is 127 cm³/mol. The number of nitrogens with one attached hydrogen (secondary N) is 1. The molecule has 0 aliphatic heterocycles. The van der Waals surface area contributed by atoms with E-state index in [0.29, 0.717) is 24.2 Å². The molecular weight excluding hydrogens is 498 g/mol. The smallest absolute Gasteiger partial charge is 0.356 e. The molecule has 0 bridgehead atoms. The lowest BCUT2D eigenvalue weighted by Gasteiger charge is -2.17. The molecule has 1 N–H and O–H groups in total. The molecular formula is C25H23F4N3O3S. The fourth-order valence-corrected chi connectivity index (χ4v) is 4.87. The van der Waals surface area contributed by atoms with Crippen LogP contribution in [0.15, 0.2) is 76.1 Å². The molecule has 3 aromatic carbocycles. The van der Waals surface area contributed by atoms with Crippen LogP contribution in [-0.4, -0.2) is 32.1 Å². The van der Waals surface area contributed by atoms with Crippen LogP contribution in [0.3, 0.4) is 0 Å². The van der Waals surface area contributed by atoms with Crippen LogP contribution in [-0.2, 0) is 29.2 Å². The number of sulfonamides is 1. The molecule has 0 aliphatic rings. The number of anilines is 1. The van der Waals surface area contributed by atoms with Gasteiger partial charge in [-0.2, -0.15) is 13.2 Å². The van der Waals surface area contributed by atoms with Crippen LogP contribution in [0.25, 0.3) is 11.0 Å². The zero-order chi connectivity index (χ0) is 25.9. The van der Waals surface area contributed by atoms with Crippen molar-refractivity contribution in [3.05, 3.63) is 89.4 Å². The van der Waals surface area contributed by atoms with E-state index < -0.39 is 21.8 Å². The molecule has 6 nitrogen and oxygen atoms in total. The van der Waals surface area contributed by atoms with Gasteiger partial charge >= 0.3 is 6.18 Å².